The van der Waals surface area contributed by atoms with E-state index in [4.69, 9.17) is 10.4 Å². The zero-order valence-corrected chi connectivity index (χ0v) is 12.9. The van der Waals surface area contributed by atoms with E-state index >= 15 is 0 Å². The van der Waals surface area contributed by atoms with Gasteiger partial charge in [-0.2, -0.15) is 0 Å². The summed E-state index contributed by atoms with van der Waals surface area (Å²) in [5.41, 5.74) is 0. The van der Waals surface area contributed by atoms with E-state index in [1.165, 1.54) is 19.3 Å². The molecule has 0 atom stereocenters. The van der Waals surface area contributed by atoms with Crippen molar-refractivity contribution < 1.29 is 20.0 Å². The van der Waals surface area contributed by atoms with Gasteiger partial charge in [0.1, 0.15) is 6.73 Å². The topological polar surface area (TPSA) is 103 Å². The fourth-order valence-electron chi connectivity index (χ4n) is 1.95. The van der Waals surface area contributed by atoms with Crippen molar-refractivity contribution in [3.63, 3.8) is 0 Å². The summed E-state index contributed by atoms with van der Waals surface area (Å²) in [6.07, 6.45) is 6.85. The molecule has 0 aliphatic carbocycles. The monoisotopic (exact) mass is 305 g/mol. The predicted molar refractivity (Wildman–Crippen MR) is 82.3 cm³/mol. The first-order valence-electron chi connectivity index (χ1n) is 7.87. The van der Waals surface area contributed by atoms with Crippen molar-refractivity contribution in [2.45, 2.75) is 44.9 Å². The molecule has 0 aromatic rings. The van der Waals surface area contributed by atoms with Crippen LogP contribution in [0.2, 0.25) is 0 Å². The smallest absolute Gasteiger partial charge is 0.303 e. The maximum Gasteiger partial charge on any atom is 0.303 e. The molecule has 0 aromatic carbocycles. The highest BCUT2D eigenvalue weighted by atomic mass is 17.1. The van der Waals surface area contributed by atoms with E-state index in [1.807, 2.05) is 0 Å². The highest BCUT2D eigenvalue weighted by Crippen LogP contribution is 2.06. The third-order valence-electron chi connectivity index (χ3n) is 3.12. The average Bonchev–Trinajstić information content (AvgIpc) is 2.46. The third-order valence-corrected chi connectivity index (χ3v) is 3.12. The van der Waals surface area contributed by atoms with Gasteiger partial charge in [-0.3, -0.25) is 15.4 Å². The molecular weight excluding hydrogens is 274 g/mol. The van der Waals surface area contributed by atoms with Gasteiger partial charge in [-0.25, -0.2) is 4.89 Å². The number of carboxylic acid groups (broad SMARTS) is 1. The van der Waals surface area contributed by atoms with Gasteiger partial charge in [0.05, 0.1) is 0 Å². The standard InChI is InChI=1S/C14H31N3O4/c18-14(19)7-5-3-1-2-4-6-8-15-9-10-16-11-12-17-13-21-20/h15-17,20H,1-13H2,(H,18,19). The van der Waals surface area contributed by atoms with Crippen LogP contribution in [0.5, 0.6) is 0 Å². The molecular formula is C14H31N3O4. The fourth-order valence-corrected chi connectivity index (χ4v) is 1.95. The number of aliphatic carboxylic acids is 1. The molecule has 126 valence electrons. The normalized spacial score (nSPS) is 10.9. The Morgan fingerprint density at radius 2 is 1.29 bits per heavy atom. The summed E-state index contributed by atoms with van der Waals surface area (Å²) in [6.45, 7) is 4.69. The molecule has 0 aromatic heterocycles. The van der Waals surface area contributed by atoms with Gasteiger partial charge in [-0.05, 0) is 19.4 Å². The fraction of sp³-hybridized carbons (Fsp3) is 0.929. The summed E-state index contributed by atoms with van der Waals surface area (Å²) in [5, 5.41) is 26.1. The summed E-state index contributed by atoms with van der Waals surface area (Å²) in [4.78, 5) is 14.2. The summed E-state index contributed by atoms with van der Waals surface area (Å²) in [5.74, 6) is -0.690. The minimum Gasteiger partial charge on any atom is -0.481 e. The molecule has 0 aliphatic heterocycles. The minimum atomic E-state index is -0.690. The van der Waals surface area contributed by atoms with Crippen LogP contribution in [0.4, 0.5) is 0 Å². The quantitative estimate of drug-likeness (QED) is 0.118. The van der Waals surface area contributed by atoms with Crippen molar-refractivity contribution in [2.24, 2.45) is 0 Å². The zero-order valence-electron chi connectivity index (χ0n) is 12.9. The lowest BCUT2D eigenvalue weighted by Crippen LogP contribution is -2.33. The molecule has 0 aliphatic rings. The SMILES string of the molecule is O=C(O)CCCCCCCCNCCNCCNCOO. The molecule has 0 fully saturated rings. The van der Waals surface area contributed by atoms with Crippen LogP contribution in [0.25, 0.3) is 0 Å². The Hall–Kier alpha value is -0.730. The zero-order chi connectivity index (χ0) is 15.6. The highest BCUT2D eigenvalue weighted by molar-refractivity contribution is 5.66. The Labute approximate surface area is 127 Å². The number of unbranched alkanes of at least 4 members (excludes halogenated alkanes) is 5. The van der Waals surface area contributed by atoms with Gasteiger partial charge in [0.15, 0.2) is 0 Å². The summed E-state index contributed by atoms with van der Waals surface area (Å²) in [6, 6.07) is 0. The molecule has 5 N–H and O–H groups in total. The molecule has 0 bridgehead atoms. The van der Waals surface area contributed by atoms with Crippen LogP contribution in [-0.4, -0.2) is 55.8 Å². The van der Waals surface area contributed by atoms with Crippen molar-refractivity contribution >= 4 is 5.97 Å². The van der Waals surface area contributed by atoms with Crippen molar-refractivity contribution in [3.8, 4) is 0 Å². The molecule has 0 unspecified atom stereocenters. The van der Waals surface area contributed by atoms with Gasteiger partial charge in [-0.15, -0.1) is 0 Å². The van der Waals surface area contributed by atoms with Crippen LogP contribution in [0.15, 0.2) is 0 Å². The van der Waals surface area contributed by atoms with E-state index in [9.17, 15) is 4.79 Å². The van der Waals surface area contributed by atoms with Gasteiger partial charge in [0, 0.05) is 32.6 Å². The van der Waals surface area contributed by atoms with Crippen LogP contribution in [0.1, 0.15) is 44.9 Å². The maximum atomic E-state index is 10.3. The van der Waals surface area contributed by atoms with Crippen LogP contribution in [0, 0.1) is 0 Å². The molecule has 0 saturated carbocycles. The number of hydrogen-bond acceptors (Lipinski definition) is 6. The van der Waals surface area contributed by atoms with E-state index in [0.717, 1.165) is 52.0 Å². The van der Waals surface area contributed by atoms with Gasteiger partial charge in [0.2, 0.25) is 0 Å². The number of hydrogen-bond donors (Lipinski definition) is 5. The lowest BCUT2D eigenvalue weighted by Gasteiger charge is -2.07. The third kappa shape index (κ3) is 19.3. The second-order valence-electron chi connectivity index (χ2n) is 5.04. The van der Waals surface area contributed by atoms with Crippen LogP contribution >= 0.6 is 0 Å². The van der Waals surface area contributed by atoms with E-state index in [0.29, 0.717) is 6.42 Å². The second-order valence-corrected chi connectivity index (χ2v) is 5.04. The van der Waals surface area contributed by atoms with Crippen molar-refractivity contribution in [3.05, 3.63) is 0 Å². The van der Waals surface area contributed by atoms with Gasteiger partial charge in [-0.1, -0.05) is 25.7 Å². The molecule has 0 spiro atoms. The van der Waals surface area contributed by atoms with E-state index in [-0.39, 0.29) is 6.73 Å². The average molecular weight is 305 g/mol. The minimum absolute atomic E-state index is 0.163. The lowest BCUT2D eigenvalue weighted by atomic mass is 10.1. The number of rotatable bonds is 17. The van der Waals surface area contributed by atoms with E-state index in [1.54, 1.807) is 0 Å². The van der Waals surface area contributed by atoms with Crippen molar-refractivity contribution in [1.82, 2.24) is 16.0 Å². The van der Waals surface area contributed by atoms with Gasteiger partial charge >= 0.3 is 5.97 Å². The highest BCUT2D eigenvalue weighted by Gasteiger charge is 1.96. The summed E-state index contributed by atoms with van der Waals surface area (Å²) < 4.78 is 0. The van der Waals surface area contributed by atoms with Crippen LogP contribution < -0.4 is 16.0 Å². The number of carbonyl (C=O) groups is 1. The number of carboxylic acids is 1. The van der Waals surface area contributed by atoms with Gasteiger partial charge < -0.3 is 15.7 Å². The molecule has 0 radical (unpaired) electrons. The Morgan fingerprint density at radius 1 is 0.762 bits per heavy atom. The second kappa shape index (κ2) is 17.3. The van der Waals surface area contributed by atoms with Crippen molar-refractivity contribution in [1.29, 1.82) is 0 Å². The Kier molecular flexibility index (Phi) is 16.7. The van der Waals surface area contributed by atoms with E-state index in [2.05, 4.69) is 20.8 Å². The molecule has 0 heterocycles. The molecule has 21 heavy (non-hydrogen) atoms. The van der Waals surface area contributed by atoms with Gasteiger partial charge in [0.25, 0.3) is 0 Å². The Morgan fingerprint density at radius 3 is 1.90 bits per heavy atom. The predicted octanol–water partition coefficient (Wildman–Crippen LogP) is 1.02. The van der Waals surface area contributed by atoms with Crippen LogP contribution in [0.3, 0.4) is 0 Å². The molecule has 0 rings (SSSR count). The molecule has 7 nitrogen and oxygen atoms in total. The molecule has 0 saturated heterocycles. The molecule has 7 heteroatoms. The maximum absolute atomic E-state index is 10.3. The summed E-state index contributed by atoms with van der Waals surface area (Å²) in [7, 11) is 0. The summed E-state index contributed by atoms with van der Waals surface area (Å²) >= 11 is 0. The Bertz CT molecular complexity index is 230. The molecule has 0 amide bonds. The number of nitrogens with one attached hydrogen (secondary N) is 3. The largest absolute Gasteiger partial charge is 0.481 e. The first kappa shape index (κ1) is 20.3. The first-order valence-corrected chi connectivity index (χ1v) is 7.87. The Balaban J connectivity index is 2.95. The van der Waals surface area contributed by atoms with E-state index < -0.39 is 5.97 Å². The van der Waals surface area contributed by atoms with Crippen molar-refractivity contribution in [2.75, 3.05) is 39.5 Å². The van der Waals surface area contributed by atoms with Crippen LogP contribution in [-0.2, 0) is 9.68 Å². The lowest BCUT2D eigenvalue weighted by molar-refractivity contribution is -0.247. The first-order chi connectivity index (χ1) is 10.3.